The molecule has 2 heterocycles. The summed E-state index contributed by atoms with van der Waals surface area (Å²) in [5.41, 5.74) is 8.60. The first kappa shape index (κ1) is 25.3. The van der Waals surface area contributed by atoms with Gasteiger partial charge in [-0.2, -0.15) is 4.36 Å². The number of amides is 2. The van der Waals surface area contributed by atoms with Gasteiger partial charge in [-0.3, -0.25) is 14.6 Å². The summed E-state index contributed by atoms with van der Waals surface area (Å²) in [6.45, 7) is 2.17. The van der Waals surface area contributed by atoms with E-state index in [0.29, 0.717) is 30.6 Å². The molecule has 2 aromatic heterocycles. The predicted molar refractivity (Wildman–Crippen MR) is 141 cm³/mol. The van der Waals surface area contributed by atoms with Crippen molar-refractivity contribution in [2.24, 2.45) is 10.1 Å². The number of rotatable bonds is 8. The predicted octanol–water partition coefficient (Wildman–Crippen LogP) is 4.74. The van der Waals surface area contributed by atoms with E-state index in [0.717, 1.165) is 11.1 Å². The zero-order valence-electron chi connectivity index (χ0n) is 19.9. The summed E-state index contributed by atoms with van der Waals surface area (Å²) >= 11 is 0. The summed E-state index contributed by atoms with van der Waals surface area (Å²) in [6, 6.07) is 10.6. The molecule has 1 aromatic carbocycles. The van der Waals surface area contributed by atoms with Gasteiger partial charge in [-0.05, 0) is 56.1 Å². The quantitative estimate of drug-likeness (QED) is 0.456. The Morgan fingerprint density at radius 3 is 2.78 bits per heavy atom. The third kappa shape index (κ3) is 5.87. The number of allylic oxidation sites excluding steroid dienone is 3. The molecule has 3 aromatic rings. The van der Waals surface area contributed by atoms with Gasteiger partial charge in [0.05, 0.1) is 26.8 Å². The number of aryl methyl sites for hydroxylation is 1. The number of benzene rings is 1. The van der Waals surface area contributed by atoms with Crippen molar-refractivity contribution in [1.82, 2.24) is 4.98 Å². The third-order valence-corrected chi connectivity index (χ3v) is 8.44. The Balaban J connectivity index is 1.59. The highest BCUT2D eigenvalue weighted by atomic mass is 32.2. The van der Waals surface area contributed by atoms with E-state index in [4.69, 9.17) is 10.2 Å². The van der Waals surface area contributed by atoms with Gasteiger partial charge in [-0.25, -0.2) is 4.21 Å². The second-order valence-electron chi connectivity index (χ2n) is 8.45. The molecule has 1 aliphatic rings. The van der Waals surface area contributed by atoms with E-state index in [2.05, 4.69) is 14.7 Å². The molecule has 0 spiro atoms. The summed E-state index contributed by atoms with van der Waals surface area (Å²) in [6.07, 6.45) is 13.1. The normalized spacial score (nSPS) is 16.3. The van der Waals surface area contributed by atoms with Gasteiger partial charge in [-0.1, -0.05) is 36.4 Å². The molecule has 1 aliphatic carbocycles. The van der Waals surface area contributed by atoms with Crippen LogP contribution < -0.4 is 11.1 Å². The first-order valence-corrected chi connectivity index (χ1v) is 13.4. The lowest BCUT2D eigenvalue weighted by atomic mass is 10.1. The van der Waals surface area contributed by atoms with Crippen molar-refractivity contribution in [3.05, 3.63) is 96.2 Å². The van der Waals surface area contributed by atoms with E-state index < -0.39 is 15.6 Å². The maximum Gasteiger partial charge on any atom is 0.291 e. The van der Waals surface area contributed by atoms with Crippen LogP contribution in [0.3, 0.4) is 0 Å². The number of hydrogen-bond acceptors (Lipinski definition) is 6. The summed E-state index contributed by atoms with van der Waals surface area (Å²) in [4.78, 5) is 29.8. The minimum absolute atomic E-state index is 0.240. The molecule has 2 atom stereocenters. The van der Waals surface area contributed by atoms with E-state index >= 15 is 0 Å². The van der Waals surface area contributed by atoms with Crippen molar-refractivity contribution < 1.29 is 18.2 Å². The standard InChI is InChI=1S/C27H28N4O4S/c1-19-11-13-35-25(19)27(33)30-23-8-5-7-20(16-23)21-15-22(18-29-17-21)26(32)31-36(34,14-6-12-28)24-9-3-2-4-10-24/h2-5,7-9,11,13,15-18,24H,6,10,12,14,28H2,1H3,(H,30,33)/t24?,36-/m0/s1. The lowest BCUT2D eigenvalue weighted by Crippen LogP contribution is -2.25. The average Bonchev–Trinajstić information content (AvgIpc) is 3.34. The Labute approximate surface area is 210 Å². The van der Waals surface area contributed by atoms with Crippen LogP contribution in [0, 0.1) is 6.92 Å². The van der Waals surface area contributed by atoms with Crippen LogP contribution in [-0.4, -0.2) is 38.6 Å². The summed E-state index contributed by atoms with van der Waals surface area (Å²) < 4.78 is 23.2. The van der Waals surface area contributed by atoms with Gasteiger partial charge in [0.1, 0.15) is 0 Å². The molecule has 36 heavy (non-hydrogen) atoms. The lowest BCUT2D eigenvalue weighted by Gasteiger charge is -2.18. The van der Waals surface area contributed by atoms with Crippen molar-refractivity contribution in [2.45, 2.75) is 25.0 Å². The van der Waals surface area contributed by atoms with Crippen molar-refractivity contribution >= 4 is 27.2 Å². The Hall–Kier alpha value is -3.82. The number of anilines is 1. The maximum absolute atomic E-state index is 13.7. The van der Waals surface area contributed by atoms with E-state index in [-0.39, 0.29) is 28.2 Å². The highest BCUT2D eigenvalue weighted by Crippen LogP contribution is 2.25. The highest BCUT2D eigenvalue weighted by Gasteiger charge is 2.23. The van der Waals surface area contributed by atoms with Gasteiger partial charge in [-0.15, -0.1) is 0 Å². The van der Waals surface area contributed by atoms with Crippen LogP contribution in [-0.2, 0) is 9.73 Å². The molecule has 9 heteroatoms. The molecule has 0 aliphatic heterocycles. The van der Waals surface area contributed by atoms with Crippen LogP contribution in [0.25, 0.3) is 11.1 Å². The zero-order chi connectivity index (χ0) is 25.5. The van der Waals surface area contributed by atoms with Crippen LogP contribution in [0.2, 0.25) is 0 Å². The van der Waals surface area contributed by atoms with Gasteiger partial charge in [0.2, 0.25) is 0 Å². The number of carbonyl (C=O) groups is 2. The number of nitrogens with two attached hydrogens (primary N) is 1. The minimum atomic E-state index is -2.85. The molecule has 8 nitrogen and oxygen atoms in total. The number of furan rings is 1. The Morgan fingerprint density at radius 1 is 1.19 bits per heavy atom. The van der Waals surface area contributed by atoms with Crippen molar-refractivity contribution in [3.63, 3.8) is 0 Å². The van der Waals surface area contributed by atoms with Crippen LogP contribution >= 0.6 is 0 Å². The van der Waals surface area contributed by atoms with Crippen LogP contribution in [0.1, 0.15) is 39.3 Å². The minimum Gasteiger partial charge on any atom is -0.459 e. The van der Waals surface area contributed by atoms with Crippen molar-refractivity contribution in [2.75, 3.05) is 17.6 Å². The Bertz CT molecular complexity index is 1450. The molecule has 0 bridgehead atoms. The number of carbonyl (C=O) groups excluding carboxylic acids is 2. The smallest absolute Gasteiger partial charge is 0.291 e. The fourth-order valence-corrected chi connectivity index (χ4v) is 6.11. The largest absolute Gasteiger partial charge is 0.459 e. The molecule has 4 rings (SSSR count). The number of aromatic nitrogens is 1. The summed E-state index contributed by atoms with van der Waals surface area (Å²) in [7, 11) is -2.85. The second kappa shape index (κ2) is 11.3. The number of hydrogen-bond donors (Lipinski definition) is 2. The van der Waals surface area contributed by atoms with Gasteiger partial charge in [0.25, 0.3) is 11.8 Å². The van der Waals surface area contributed by atoms with Gasteiger partial charge in [0, 0.05) is 35.0 Å². The molecule has 0 saturated heterocycles. The van der Waals surface area contributed by atoms with E-state index in [1.54, 1.807) is 43.5 Å². The monoisotopic (exact) mass is 504 g/mol. The maximum atomic E-state index is 13.7. The average molecular weight is 505 g/mol. The number of nitrogens with one attached hydrogen (secondary N) is 1. The van der Waals surface area contributed by atoms with E-state index in [9.17, 15) is 13.8 Å². The fourth-order valence-electron chi connectivity index (χ4n) is 3.86. The third-order valence-electron chi connectivity index (χ3n) is 5.80. The molecule has 1 unspecified atom stereocenters. The number of nitrogens with zero attached hydrogens (tertiary/aromatic N) is 2. The van der Waals surface area contributed by atoms with Crippen LogP contribution in [0.5, 0.6) is 0 Å². The van der Waals surface area contributed by atoms with Crippen molar-refractivity contribution in [1.29, 1.82) is 0 Å². The Kier molecular flexibility index (Phi) is 7.92. The topological polar surface area (TPSA) is 128 Å². The molecular weight excluding hydrogens is 476 g/mol. The first-order chi connectivity index (χ1) is 17.4. The zero-order valence-corrected chi connectivity index (χ0v) is 20.7. The molecule has 0 fully saturated rings. The van der Waals surface area contributed by atoms with Crippen LogP contribution in [0.4, 0.5) is 5.69 Å². The van der Waals surface area contributed by atoms with Crippen LogP contribution in [0.15, 0.2) is 88.1 Å². The molecular formula is C27H28N4O4S. The highest BCUT2D eigenvalue weighted by molar-refractivity contribution is 7.94. The molecule has 186 valence electrons. The first-order valence-electron chi connectivity index (χ1n) is 11.6. The lowest BCUT2D eigenvalue weighted by molar-refractivity contribution is 0.0991. The molecule has 2 amide bonds. The summed E-state index contributed by atoms with van der Waals surface area (Å²) in [5.74, 6) is -0.429. The molecule has 3 N–H and O–H groups in total. The van der Waals surface area contributed by atoms with Gasteiger partial charge in [0.15, 0.2) is 5.76 Å². The SMILES string of the molecule is Cc1ccoc1C(=O)Nc1cccc(-c2cncc(C(=O)N=[S@](=O)(CCCN)C3C=CC=CC3)c2)c1. The van der Waals surface area contributed by atoms with Gasteiger partial charge >= 0.3 is 0 Å². The van der Waals surface area contributed by atoms with Gasteiger partial charge < -0.3 is 15.5 Å². The van der Waals surface area contributed by atoms with E-state index in [1.807, 2.05) is 30.4 Å². The fraction of sp³-hybridized carbons (Fsp3) is 0.222. The molecule has 0 radical (unpaired) electrons. The number of pyridine rings is 1. The second-order valence-corrected chi connectivity index (χ2v) is 11.0. The van der Waals surface area contributed by atoms with Crippen molar-refractivity contribution in [3.8, 4) is 11.1 Å². The summed E-state index contributed by atoms with van der Waals surface area (Å²) in [5, 5.41) is 2.48. The Morgan fingerprint density at radius 2 is 2.06 bits per heavy atom. The molecule has 0 saturated carbocycles. The van der Waals surface area contributed by atoms with E-state index in [1.165, 1.54) is 12.5 Å².